The van der Waals surface area contributed by atoms with Gasteiger partial charge in [-0.3, -0.25) is 4.98 Å². The summed E-state index contributed by atoms with van der Waals surface area (Å²) in [5.74, 6) is 0.683. The molecule has 0 saturated heterocycles. The van der Waals surface area contributed by atoms with Crippen molar-refractivity contribution in [2.75, 3.05) is 11.9 Å². The van der Waals surface area contributed by atoms with Gasteiger partial charge in [0.1, 0.15) is 0 Å². The van der Waals surface area contributed by atoms with Gasteiger partial charge in [0.05, 0.1) is 23.3 Å². The molecule has 0 bridgehead atoms. The van der Waals surface area contributed by atoms with Crippen LogP contribution in [-0.2, 0) is 4.74 Å². The van der Waals surface area contributed by atoms with E-state index < -0.39 is 0 Å². The summed E-state index contributed by atoms with van der Waals surface area (Å²) in [5, 5.41) is 9.32. The van der Waals surface area contributed by atoms with Crippen LogP contribution in [-0.4, -0.2) is 38.3 Å². The van der Waals surface area contributed by atoms with Crippen LogP contribution in [0.1, 0.15) is 32.6 Å². The molecule has 29 heavy (non-hydrogen) atoms. The second-order valence-electron chi connectivity index (χ2n) is 7.63. The van der Waals surface area contributed by atoms with Gasteiger partial charge in [-0.2, -0.15) is 0 Å². The molecule has 0 amide bonds. The molecule has 1 aliphatic rings. The summed E-state index contributed by atoms with van der Waals surface area (Å²) in [6.45, 7) is 2.86. The summed E-state index contributed by atoms with van der Waals surface area (Å²) in [4.78, 5) is 8.99. The van der Waals surface area contributed by atoms with Gasteiger partial charge < -0.3 is 10.1 Å². The lowest BCUT2D eigenvalue weighted by atomic mass is 9.93. The smallest absolute Gasteiger partial charge is 0.241 e. The Kier molecular flexibility index (Phi) is 4.86. The monoisotopic (exact) mass is 387 g/mol. The van der Waals surface area contributed by atoms with Gasteiger partial charge in [0, 0.05) is 36.0 Å². The number of fused-ring (bicyclic) bond motifs is 2. The Bertz CT molecular complexity index is 1130. The van der Waals surface area contributed by atoms with Crippen LogP contribution in [0.15, 0.2) is 55.0 Å². The molecule has 5 rings (SSSR count). The molecule has 1 N–H and O–H groups in total. The average molecular weight is 387 g/mol. The molecule has 3 heterocycles. The molecule has 0 unspecified atom stereocenters. The fourth-order valence-electron chi connectivity index (χ4n) is 4.25. The highest BCUT2D eigenvalue weighted by Gasteiger charge is 2.22. The van der Waals surface area contributed by atoms with Crippen LogP contribution >= 0.6 is 0 Å². The third-order valence-corrected chi connectivity index (χ3v) is 5.74. The molecule has 4 aromatic rings. The topological polar surface area (TPSA) is 64.3 Å². The number of hydrogen-bond acceptors (Lipinski definition) is 5. The summed E-state index contributed by atoms with van der Waals surface area (Å²) in [7, 11) is 0. The molecular formula is C23H25N5O. The van der Waals surface area contributed by atoms with E-state index in [0.29, 0.717) is 18.1 Å². The van der Waals surface area contributed by atoms with E-state index in [4.69, 9.17) is 4.74 Å². The van der Waals surface area contributed by atoms with E-state index in [9.17, 15) is 0 Å². The van der Waals surface area contributed by atoms with Crippen molar-refractivity contribution in [3.05, 3.63) is 55.0 Å². The van der Waals surface area contributed by atoms with Crippen LogP contribution in [0.5, 0.6) is 0 Å². The van der Waals surface area contributed by atoms with Crippen molar-refractivity contribution in [3.63, 3.8) is 0 Å². The maximum absolute atomic E-state index is 5.74. The van der Waals surface area contributed by atoms with Crippen molar-refractivity contribution in [1.82, 2.24) is 19.6 Å². The first-order chi connectivity index (χ1) is 14.3. The van der Waals surface area contributed by atoms with Crippen molar-refractivity contribution in [2.24, 2.45) is 0 Å². The van der Waals surface area contributed by atoms with Gasteiger partial charge in [0.15, 0.2) is 0 Å². The van der Waals surface area contributed by atoms with Gasteiger partial charge in [0.2, 0.25) is 5.95 Å². The molecule has 0 aliphatic heterocycles. The maximum Gasteiger partial charge on any atom is 0.241 e. The second kappa shape index (κ2) is 7.79. The zero-order valence-corrected chi connectivity index (χ0v) is 16.6. The van der Waals surface area contributed by atoms with Crippen molar-refractivity contribution in [3.8, 4) is 11.1 Å². The average Bonchev–Trinajstić information content (AvgIpc) is 3.18. The van der Waals surface area contributed by atoms with Crippen LogP contribution in [0.3, 0.4) is 0 Å². The molecule has 1 aromatic carbocycles. The van der Waals surface area contributed by atoms with Gasteiger partial charge in [-0.25, -0.2) is 9.50 Å². The van der Waals surface area contributed by atoms with Gasteiger partial charge >= 0.3 is 0 Å². The van der Waals surface area contributed by atoms with Crippen LogP contribution < -0.4 is 5.32 Å². The molecule has 6 heteroatoms. The van der Waals surface area contributed by atoms with Gasteiger partial charge in [-0.1, -0.05) is 12.1 Å². The molecule has 148 valence electrons. The van der Waals surface area contributed by atoms with Crippen molar-refractivity contribution in [2.45, 2.75) is 44.8 Å². The number of aromatic nitrogens is 4. The van der Waals surface area contributed by atoms with E-state index >= 15 is 0 Å². The number of nitrogens with zero attached hydrogens (tertiary/aromatic N) is 4. The highest BCUT2D eigenvalue weighted by molar-refractivity contribution is 5.88. The van der Waals surface area contributed by atoms with E-state index in [1.54, 1.807) is 0 Å². The third kappa shape index (κ3) is 3.68. The number of benzene rings is 1. The SMILES string of the molecule is CCOC1CCC(Nc2ncc3c(-c4ccc5ncccc5c4)ccn3n2)CC1. The van der Waals surface area contributed by atoms with Gasteiger partial charge in [-0.05, 0) is 62.4 Å². The normalized spacial score (nSPS) is 19.6. The van der Waals surface area contributed by atoms with E-state index in [2.05, 4.69) is 57.6 Å². The summed E-state index contributed by atoms with van der Waals surface area (Å²) >= 11 is 0. The molecule has 0 spiro atoms. The molecule has 0 atom stereocenters. The summed E-state index contributed by atoms with van der Waals surface area (Å²) in [6, 6.07) is 12.9. The highest BCUT2D eigenvalue weighted by atomic mass is 16.5. The minimum atomic E-state index is 0.408. The van der Waals surface area contributed by atoms with Crippen LogP contribution in [0.25, 0.3) is 27.5 Å². The summed E-state index contributed by atoms with van der Waals surface area (Å²) in [5.41, 5.74) is 4.27. The number of ether oxygens (including phenoxy) is 1. The summed E-state index contributed by atoms with van der Waals surface area (Å²) < 4.78 is 7.65. The van der Waals surface area contributed by atoms with Crippen molar-refractivity contribution >= 4 is 22.4 Å². The minimum Gasteiger partial charge on any atom is -0.379 e. The highest BCUT2D eigenvalue weighted by Crippen LogP contribution is 2.28. The largest absolute Gasteiger partial charge is 0.379 e. The number of hydrogen-bond donors (Lipinski definition) is 1. The Morgan fingerprint density at radius 3 is 2.86 bits per heavy atom. The molecule has 3 aromatic heterocycles. The van der Waals surface area contributed by atoms with Crippen molar-refractivity contribution < 1.29 is 4.74 Å². The van der Waals surface area contributed by atoms with E-state index in [1.807, 2.05) is 29.2 Å². The third-order valence-electron chi connectivity index (χ3n) is 5.74. The van der Waals surface area contributed by atoms with Gasteiger partial charge in [0.25, 0.3) is 0 Å². The summed E-state index contributed by atoms with van der Waals surface area (Å²) in [6.07, 6.45) is 10.5. The maximum atomic E-state index is 5.74. The van der Waals surface area contributed by atoms with Crippen LogP contribution in [0, 0.1) is 0 Å². The zero-order valence-electron chi connectivity index (χ0n) is 16.6. The standard InChI is InChI=1S/C23H25N5O/c1-2-29-19-8-6-18(7-9-19)26-23-25-15-22-20(11-13-28(22)27-23)16-5-10-21-17(14-16)4-3-12-24-21/h3-5,10-15,18-19H,2,6-9H2,1H3,(H,26,27). The molecule has 1 fully saturated rings. The lowest BCUT2D eigenvalue weighted by Gasteiger charge is -2.28. The first-order valence-electron chi connectivity index (χ1n) is 10.4. The predicted molar refractivity (Wildman–Crippen MR) is 115 cm³/mol. The molecule has 1 aliphatic carbocycles. The first kappa shape index (κ1) is 18.1. The van der Waals surface area contributed by atoms with Crippen LogP contribution in [0.2, 0.25) is 0 Å². The number of rotatable bonds is 5. The quantitative estimate of drug-likeness (QED) is 0.537. The first-order valence-corrected chi connectivity index (χ1v) is 10.4. The molecule has 0 radical (unpaired) electrons. The predicted octanol–water partition coefficient (Wildman–Crippen LogP) is 4.70. The Hall–Kier alpha value is -2.99. The number of pyridine rings is 1. The lowest BCUT2D eigenvalue weighted by Crippen LogP contribution is -2.30. The van der Waals surface area contributed by atoms with Crippen molar-refractivity contribution in [1.29, 1.82) is 0 Å². The molecule has 6 nitrogen and oxygen atoms in total. The fraction of sp³-hybridized carbons (Fsp3) is 0.348. The Morgan fingerprint density at radius 2 is 2.00 bits per heavy atom. The number of nitrogens with one attached hydrogen (secondary N) is 1. The van der Waals surface area contributed by atoms with E-state index in [1.165, 1.54) is 0 Å². The zero-order chi connectivity index (χ0) is 19.6. The molecule has 1 saturated carbocycles. The fourth-order valence-corrected chi connectivity index (χ4v) is 4.25. The Morgan fingerprint density at radius 1 is 1.10 bits per heavy atom. The van der Waals surface area contributed by atoms with Crippen LogP contribution in [0.4, 0.5) is 5.95 Å². The molecular weight excluding hydrogens is 362 g/mol. The number of anilines is 1. The lowest BCUT2D eigenvalue weighted by molar-refractivity contribution is 0.0346. The van der Waals surface area contributed by atoms with E-state index in [0.717, 1.165) is 59.8 Å². The second-order valence-corrected chi connectivity index (χ2v) is 7.63. The Labute approximate surface area is 169 Å². The minimum absolute atomic E-state index is 0.408. The van der Waals surface area contributed by atoms with Gasteiger partial charge in [-0.15, -0.1) is 5.10 Å². The van der Waals surface area contributed by atoms with E-state index in [-0.39, 0.29) is 0 Å². The Balaban J connectivity index is 1.36.